The summed E-state index contributed by atoms with van der Waals surface area (Å²) in [5.41, 5.74) is -0.0231. The fraction of sp³-hybridized carbons (Fsp3) is 0.421. The van der Waals surface area contributed by atoms with Gasteiger partial charge in [0.25, 0.3) is 5.91 Å². The van der Waals surface area contributed by atoms with Gasteiger partial charge in [0.2, 0.25) is 5.95 Å². The monoisotopic (exact) mass is 392 g/mol. The van der Waals surface area contributed by atoms with E-state index in [2.05, 4.69) is 9.97 Å². The smallest absolute Gasteiger partial charge is 0.378 e. The molecule has 0 aliphatic carbocycles. The van der Waals surface area contributed by atoms with Gasteiger partial charge in [-0.1, -0.05) is 6.07 Å². The molecule has 0 radical (unpaired) electrons. The number of benzene rings is 1. The van der Waals surface area contributed by atoms with Gasteiger partial charge in [0.1, 0.15) is 5.82 Å². The van der Waals surface area contributed by atoms with Crippen LogP contribution in [-0.4, -0.2) is 48.7 Å². The Morgan fingerprint density at radius 2 is 1.93 bits per heavy atom. The van der Waals surface area contributed by atoms with E-state index in [4.69, 9.17) is 4.74 Å². The van der Waals surface area contributed by atoms with Crippen LogP contribution in [0.25, 0.3) is 0 Å². The summed E-state index contributed by atoms with van der Waals surface area (Å²) in [4.78, 5) is 25.4. The van der Waals surface area contributed by atoms with Crippen LogP contribution in [0.15, 0.2) is 30.5 Å². The van der Waals surface area contributed by atoms with E-state index >= 15 is 0 Å². The largest absolute Gasteiger partial charge is 0.416 e. The van der Waals surface area contributed by atoms with Crippen molar-refractivity contribution in [1.29, 1.82) is 0 Å². The molecule has 1 fully saturated rings. The molecule has 1 aromatic heterocycles. The Hall–Kier alpha value is -2.68. The average molecular weight is 392 g/mol. The Morgan fingerprint density at radius 3 is 2.68 bits per heavy atom. The molecular weight excluding hydrogens is 373 g/mol. The maximum atomic E-state index is 13.0. The van der Waals surface area contributed by atoms with Crippen LogP contribution in [-0.2, 0) is 17.3 Å². The average Bonchev–Trinajstić information content (AvgIpc) is 2.72. The normalized spacial score (nSPS) is 17.4. The van der Waals surface area contributed by atoms with Crippen LogP contribution in [0.1, 0.15) is 27.9 Å². The predicted molar refractivity (Wildman–Crippen MR) is 96.5 cm³/mol. The molecule has 0 N–H and O–H groups in total. The van der Waals surface area contributed by atoms with Crippen LogP contribution in [0, 0.1) is 0 Å². The van der Waals surface area contributed by atoms with Gasteiger partial charge in [-0.15, -0.1) is 0 Å². The number of carbonyl (C=O) groups is 1. The van der Waals surface area contributed by atoms with E-state index in [0.717, 1.165) is 24.1 Å². The van der Waals surface area contributed by atoms with E-state index in [1.807, 2.05) is 4.90 Å². The first-order chi connectivity index (χ1) is 13.4. The third-order valence-electron chi connectivity index (χ3n) is 4.89. The number of morpholine rings is 1. The molecule has 3 heterocycles. The summed E-state index contributed by atoms with van der Waals surface area (Å²) in [6.45, 7) is 2.86. The standard InChI is InChI=1S/C19H19F3N4O2/c20-19(21,22)15-5-1-3-13(11-15)17(27)26-6-2-4-14-12-23-18(24-16(14)26)25-7-9-28-10-8-25/h1,3,5,11-12H,2,4,6-10H2. The quantitative estimate of drug-likeness (QED) is 0.787. The molecule has 148 valence electrons. The highest BCUT2D eigenvalue weighted by molar-refractivity contribution is 6.06. The molecule has 0 spiro atoms. The van der Waals surface area contributed by atoms with Crippen molar-refractivity contribution in [2.24, 2.45) is 0 Å². The van der Waals surface area contributed by atoms with Crippen molar-refractivity contribution >= 4 is 17.7 Å². The Bertz CT molecular complexity index is 882. The Morgan fingerprint density at radius 1 is 1.14 bits per heavy atom. The van der Waals surface area contributed by atoms with Gasteiger partial charge in [-0.3, -0.25) is 9.69 Å². The number of carbonyl (C=O) groups excluding carboxylic acids is 1. The lowest BCUT2D eigenvalue weighted by atomic mass is 10.0. The molecule has 1 amide bonds. The van der Waals surface area contributed by atoms with Crippen molar-refractivity contribution in [3.63, 3.8) is 0 Å². The van der Waals surface area contributed by atoms with E-state index in [9.17, 15) is 18.0 Å². The Labute approximate surface area is 159 Å². The number of alkyl halides is 3. The van der Waals surface area contributed by atoms with Crippen molar-refractivity contribution in [3.8, 4) is 0 Å². The molecule has 2 aliphatic rings. The minimum absolute atomic E-state index is 0.00536. The summed E-state index contributed by atoms with van der Waals surface area (Å²) in [6, 6.07) is 4.50. The SMILES string of the molecule is O=C(c1cccc(C(F)(F)F)c1)N1CCCc2cnc(N3CCOCC3)nc21. The molecule has 4 rings (SSSR count). The maximum Gasteiger partial charge on any atom is 0.416 e. The van der Waals surface area contributed by atoms with E-state index < -0.39 is 17.6 Å². The highest BCUT2D eigenvalue weighted by Gasteiger charge is 2.32. The van der Waals surface area contributed by atoms with E-state index in [-0.39, 0.29) is 5.56 Å². The van der Waals surface area contributed by atoms with Gasteiger partial charge in [0, 0.05) is 37.0 Å². The molecule has 1 aromatic carbocycles. The van der Waals surface area contributed by atoms with E-state index in [1.165, 1.54) is 17.0 Å². The zero-order valence-electron chi connectivity index (χ0n) is 15.1. The van der Waals surface area contributed by atoms with Crippen LogP contribution >= 0.6 is 0 Å². The van der Waals surface area contributed by atoms with Crippen LogP contribution in [0.2, 0.25) is 0 Å². The Kier molecular flexibility index (Phi) is 4.92. The number of anilines is 2. The van der Waals surface area contributed by atoms with Crippen molar-refractivity contribution in [1.82, 2.24) is 9.97 Å². The number of aryl methyl sites for hydroxylation is 1. The summed E-state index contributed by atoms with van der Waals surface area (Å²) in [5.74, 6) is 0.495. The lowest BCUT2D eigenvalue weighted by molar-refractivity contribution is -0.137. The second kappa shape index (κ2) is 7.38. The molecule has 0 unspecified atom stereocenters. The molecule has 1 saturated heterocycles. The predicted octanol–water partition coefficient (Wildman–Crippen LogP) is 2.93. The second-order valence-corrected chi connectivity index (χ2v) is 6.76. The summed E-state index contributed by atoms with van der Waals surface area (Å²) in [7, 11) is 0. The third kappa shape index (κ3) is 3.66. The van der Waals surface area contributed by atoms with Crippen LogP contribution in [0.5, 0.6) is 0 Å². The summed E-state index contributed by atoms with van der Waals surface area (Å²) >= 11 is 0. The first kappa shape index (κ1) is 18.7. The Balaban J connectivity index is 1.66. The van der Waals surface area contributed by atoms with Crippen LogP contribution in [0.4, 0.5) is 24.9 Å². The minimum atomic E-state index is -4.50. The van der Waals surface area contributed by atoms with Crippen LogP contribution in [0.3, 0.4) is 0 Å². The molecule has 0 saturated carbocycles. The van der Waals surface area contributed by atoms with Crippen molar-refractivity contribution < 1.29 is 22.7 Å². The number of halogens is 3. The minimum Gasteiger partial charge on any atom is -0.378 e. The van der Waals surface area contributed by atoms with Crippen LogP contribution < -0.4 is 9.80 Å². The molecule has 2 aromatic rings. The number of nitrogens with zero attached hydrogens (tertiary/aromatic N) is 4. The number of hydrogen-bond donors (Lipinski definition) is 0. The number of aromatic nitrogens is 2. The number of rotatable bonds is 2. The van der Waals surface area contributed by atoms with Gasteiger partial charge in [-0.2, -0.15) is 18.2 Å². The molecule has 9 heteroatoms. The maximum absolute atomic E-state index is 13.0. The number of ether oxygens (including phenoxy) is 1. The summed E-state index contributed by atoms with van der Waals surface area (Å²) in [5, 5.41) is 0. The number of hydrogen-bond acceptors (Lipinski definition) is 5. The topological polar surface area (TPSA) is 58.6 Å². The van der Waals surface area contributed by atoms with Gasteiger partial charge in [-0.05, 0) is 31.0 Å². The van der Waals surface area contributed by atoms with Gasteiger partial charge in [0.05, 0.1) is 18.8 Å². The fourth-order valence-corrected chi connectivity index (χ4v) is 3.43. The van der Waals surface area contributed by atoms with Crippen molar-refractivity contribution in [2.75, 3.05) is 42.6 Å². The zero-order valence-corrected chi connectivity index (χ0v) is 15.1. The molecule has 28 heavy (non-hydrogen) atoms. The lowest BCUT2D eigenvalue weighted by Gasteiger charge is -2.31. The van der Waals surface area contributed by atoms with Gasteiger partial charge in [0.15, 0.2) is 0 Å². The first-order valence-corrected chi connectivity index (χ1v) is 9.11. The van der Waals surface area contributed by atoms with Gasteiger partial charge >= 0.3 is 6.18 Å². The number of amides is 1. The highest BCUT2D eigenvalue weighted by atomic mass is 19.4. The van der Waals surface area contributed by atoms with E-state index in [1.54, 1.807) is 6.20 Å². The van der Waals surface area contributed by atoms with Crippen molar-refractivity contribution in [2.45, 2.75) is 19.0 Å². The highest BCUT2D eigenvalue weighted by Crippen LogP contribution is 2.31. The molecular formula is C19H19F3N4O2. The lowest BCUT2D eigenvalue weighted by Crippen LogP contribution is -2.39. The van der Waals surface area contributed by atoms with Gasteiger partial charge < -0.3 is 9.64 Å². The fourth-order valence-electron chi connectivity index (χ4n) is 3.43. The number of fused-ring (bicyclic) bond motifs is 1. The van der Waals surface area contributed by atoms with E-state index in [0.29, 0.717) is 51.0 Å². The first-order valence-electron chi connectivity index (χ1n) is 9.11. The molecule has 0 atom stereocenters. The van der Waals surface area contributed by atoms with Crippen molar-refractivity contribution in [3.05, 3.63) is 47.2 Å². The second-order valence-electron chi connectivity index (χ2n) is 6.76. The molecule has 0 bridgehead atoms. The van der Waals surface area contributed by atoms with Gasteiger partial charge in [-0.25, -0.2) is 4.98 Å². The molecule has 6 nitrogen and oxygen atoms in total. The summed E-state index contributed by atoms with van der Waals surface area (Å²) < 4.78 is 44.4. The molecule has 2 aliphatic heterocycles. The summed E-state index contributed by atoms with van der Waals surface area (Å²) in [6.07, 6.45) is -1.36. The third-order valence-corrected chi connectivity index (χ3v) is 4.89. The zero-order chi connectivity index (χ0) is 19.7.